The van der Waals surface area contributed by atoms with Crippen molar-refractivity contribution in [2.24, 2.45) is 0 Å². The van der Waals surface area contributed by atoms with Crippen molar-refractivity contribution in [3.63, 3.8) is 0 Å². The summed E-state index contributed by atoms with van der Waals surface area (Å²) in [4.78, 5) is 4.92. The monoisotopic (exact) mass is 896 g/mol. The zero-order valence-corrected chi connectivity index (χ0v) is 41.3. The topological polar surface area (TPSA) is 6.48 Å². The maximum absolute atomic E-state index is 2.64. The number of fused-ring (bicyclic) bond motifs is 7. The molecule has 0 unspecified atom stereocenters. The summed E-state index contributed by atoms with van der Waals surface area (Å²) in [7, 11) is -4.24. The lowest BCUT2D eigenvalue weighted by atomic mass is 9.94. The van der Waals surface area contributed by atoms with Gasteiger partial charge >= 0.3 is 0 Å². The van der Waals surface area contributed by atoms with E-state index in [0.29, 0.717) is 0 Å². The van der Waals surface area contributed by atoms with E-state index >= 15 is 0 Å². The largest absolute Gasteiger partial charge is 0.310 e. The van der Waals surface area contributed by atoms with Gasteiger partial charge < -0.3 is 9.80 Å². The SMILES string of the molecule is C[Si](C)(C)C1([Si](C)(C)C)c2cc(N(c3ccccc3)c3ccc(-c4ccccc4)cc3)c3ccccc3c2-c2ccc3cc(N(c4ccccc4)c4ccc(-c5ccccc5)cc4)ccc3c21. The summed E-state index contributed by atoms with van der Waals surface area (Å²) in [5.74, 6) is 0. The third kappa shape index (κ3) is 7.06. The summed E-state index contributed by atoms with van der Waals surface area (Å²) in [5, 5.41) is 5.23. The maximum atomic E-state index is 2.64. The van der Waals surface area contributed by atoms with Crippen molar-refractivity contribution in [3.05, 3.63) is 242 Å². The highest BCUT2D eigenvalue weighted by Gasteiger charge is 2.60. The fourth-order valence-electron chi connectivity index (χ4n) is 11.9. The molecular formula is C63H56N2Si2. The van der Waals surface area contributed by atoms with E-state index in [1.165, 1.54) is 66.2 Å². The fraction of sp³-hybridized carbons (Fsp3) is 0.111. The van der Waals surface area contributed by atoms with Gasteiger partial charge in [0.15, 0.2) is 0 Å². The van der Waals surface area contributed by atoms with Crippen LogP contribution >= 0.6 is 0 Å². The first-order valence-electron chi connectivity index (χ1n) is 23.7. The van der Waals surface area contributed by atoms with Crippen LogP contribution in [0.15, 0.2) is 231 Å². The van der Waals surface area contributed by atoms with Crippen molar-refractivity contribution < 1.29 is 0 Å². The van der Waals surface area contributed by atoms with Gasteiger partial charge in [0.1, 0.15) is 0 Å². The Hall–Kier alpha value is -7.25. The van der Waals surface area contributed by atoms with Gasteiger partial charge in [0.2, 0.25) is 0 Å². The predicted molar refractivity (Wildman–Crippen MR) is 295 cm³/mol. The maximum Gasteiger partial charge on any atom is 0.0579 e. The van der Waals surface area contributed by atoms with Crippen molar-refractivity contribution in [3.8, 4) is 33.4 Å². The minimum atomic E-state index is -2.12. The second-order valence-corrected chi connectivity index (χ2v) is 31.2. The molecule has 0 saturated carbocycles. The van der Waals surface area contributed by atoms with Gasteiger partial charge in [-0.2, -0.15) is 0 Å². The van der Waals surface area contributed by atoms with Gasteiger partial charge in [-0.25, -0.2) is 0 Å². The summed E-state index contributed by atoms with van der Waals surface area (Å²) in [6, 6.07) is 85.3. The summed E-state index contributed by atoms with van der Waals surface area (Å²) in [6.45, 7) is 15.8. The number of hydrogen-bond acceptors (Lipinski definition) is 2. The molecule has 10 aromatic carbocycles. The van der Waals surface area contributed by atoms with Crippen LogP contribution in [0.4, 0.5) is 34.1 Å². The van der Waals surface area contributed by atoms with Crippen molar-refractivity contribution in [2.75, 3.05) is 9.80 Å². The molecule has 0 fully saturated rings. The van der Waals surface area contributed by atoms with Crippen molar-refractivity contribution in [2.45, 2.75) is 43.9 Å². The molecule has 10 aromatic rings. The highest BCUT2D eigenvalue weighted by atomic mass is 28.4. The van der Waals surface area contributed by atoms with Gasteiger partial charge in [0, 0.05) is 38.5 Å². The molecule has 4 heteroatoms. The van der Waals surface area contributed by atoms with E-state index in [0.717, 1.165) is 28.4 Å². The number of benzene rings is 10. The molecule has 1 aliphatic carbocycles. The van der Waals surface area contributed by atoms with E-state index in [9.17, 15) is 0 Å². The molecule has 0 saturated heterocycles. The van der Waals surface area contributed by atoms with Gasteiger partial charge in [-0.15, -0.1) is 0 Å². The summed E-state index contributed by atoms with van der Waals surface area (Å²) in [5.41, 5.74) is 17.7. The molecule has 0 atom stereocenters. The third-order valence-corrected chi connectivity index (χ3v) is 24.4. The molecule has 0 bridgehead atoms. The molecule has 326 valence electrons. The van der Waals surface area contributed by atoms with Crippen LogP contribution in [0.1, 0.15) is 11.1 Å². The van der Waals surface area contributed by atoms with Crippen LogP contribution in [-0.4, -0.2) is 16.1 Å². The van der Waals surface area contributed by atoms with Crippen molar-refractivity contribution in [1.29, 1.82) is 0 Å². The molecule has 67 heavy (non-hydrogen) atoms. The molecule has 0 radical (unpaired) electrons. The fourth-order valence-corrected chi connectivity index (χ4v) is 25.0. The van der Waals surface area contributed by atoms with E-state index in [1.54, 1.807) is 5.56 Å². The lowest BCUT2D eigenvalue weighted by Crippen LogP contribution is -2.63. The van der Waals surface area contributed by atoms with Crippen LogP contribution in [-0.2, 0) is 4.66 Å². The van der Waals surface area contributed by atoms with Crippen LogP contribution in [0.25, 0.3) is 54.9 Å². The number of para-hydroxylation sites is 2. The normalized spacial score (nSPS) is 13.0. The predicted octanol–water partition coefficient (Wildman–Crippen LogP) is 18.3. The highest BCUT2D eigenvalue weighted by molar-refractivity contribution is 7.00. The van der Waals surface area contributed by atoms with E-state index in [4.69, 9.17) is 0 Å². The first-order valence-corrected chi connectivity index (χ1v) is 30.7. The summed E-state index contributed by atoms with van der Waals surface area (Å²) >= 11 is 0. The van der Waals surface area contributed by atoms with Crippen molar-refractivity contribution in [1.82, 2.24) is 0 Å². The second-order valence-electron chi connectivity index (χ2n) is 20.2. The minimum Gasteiger partial charge on any atom is -0.310 e. The zero-order valence-electron chi connectivity index (χ0n) is 39.3. The van der Waals surface area contributed by atoms with Crippen LogP contribution in [0.2, 0.25) is 39.3 Å². The number of nitrogens with zero attached hydrogens (tertiary/aromatic N) is 2. The average Bonchev–Trinajstić information content (AvgIpc) is 3.69. The van der Waals surface area contributed by atoms with Gasteiger partial charge in [0.25, 0.3) is 0 Å². The first-order chi connectivity index (χ1) is 32.5. The molecule has 0 aliphatic heterocycles. The number of hydrogen-bond donors (Lipinski definition) is 0. The lowest BCUT2D eigenvalue weighted by molar-refractivity contribution is 0.962. The quantitative estimate of drug-likeness (QED) is 0.126. The molecule has 0 aromatic heterocycles. The minimum absolute atomic E-state index is 0.115. The van der Waals surface area contributed by atoms with E-state index in [1.807, 2.05) is 0 Å². The third-order valence-electron chi connectivity index (χ3n) is 14.3. The molecule has 0 amide bonds. The van der Waals surface area contributed by atoms with Gasteiger partial charge in [-0.05, 0) is 127 Å². The Bertz CT molecular complexity index is 3380. The Balaban J connectivity index is 1.13. The molecule has 1 aliphatic rings. The Kier molecular flexibility index (Phi) is 10.5. The Morgan fingerprint density at radius 3 is 1.27 bits per heavy atom. The molecule has 0 N–H and O–H groups in total. The van der Waals surface area contributed by atoms with Crippen LogP contribution < -0.4 is 9.80 Å². The highest BCUT2D eigenvalue weighted by Crippen LogP contribution is 2.62. The molecule has 0 spiro atoms. The Morgan fingerprint density at radius 2 is 0.746 bits per heavy atom. The summed E-state index contributed by atoms with van der Waals surface area (Å²) in [6.07, 6.45) is 0. The first kappa shape index (κ1) is 42.4. The van der Waals surface area contributed by atoms with Gasteiger partial charge in [-0.1, -0.05) is 203 Å². The number of rotatable bonds is 10. The van der Waals surface area contributed by atoms with Crippen LogP contribution in [0, 0.1) is 0 Å². The molecule has 2 nitrogen and oxygen atoms in total. The zero-order chi connectivity index (χ0) is 45.9. The number of anilines is 6. The average molecular weight is 897 g/mol. The lowest BCUT2D eigenvalue weighted by Gasteiger charge is -2.52. The van der Waals surface area contributed by atoms with Crippen LogP contribution in [0.3, 0.4) is 0 Å². The van der Waals surface area contributed by atoms with Gasteiger partial charge in [-0.3, -0.25) is 0 Å². The van der Waals surface area contributed by atoms with E-state index in [-0.39, 0.29) is 4.66 Å². The molecule has 0 heterocycles. The second kappa shape index (κ2) is 16.6. The van der Waals surface area contributed by atoms with Crippen molar-refractivity contribution >= 4 is 71.8 Å². The molecule has 11 rings (SSSR count). The molecular weight excluding hydrogens is 841 g/mol. The Labute approximate surface area is 398 Å². The Morgan fingerprint density at radius 1 is 0.328 bits per heavy atom. The summed E-state index contributed by atoms with van der Waals surface area (Å²) < 4.78 is -0.115. The van der Waals surface area contributed by atoms with Gasteiger partial charge in [0.05, 0.1) is 21.8 Å². The van der Waals surface area contributed by atoms with E-state index in [2.05, 4.69) is 280 Å². The van der Waals surface area contributed by atoms with Crippen LogP contribution in [0.5, 0.6) is 0 Å². The van der Waals surface area contributed by atoms with E-state index < -0.39 is 16.1 Å². The smallest absolute Gasteiger partial charge is 0.0579 e. The standard InChI is InChI=1S/C63H56N2Si2/c1-66(2,3)63(67(4,5)6)59-44-60(65(51-27-17-10-18-28-51)53-38-33-48(34-39-53)46-23-13-8-14-24-46)56-29-19-20-30-57(56)61(59)58-41-35-49-43-54(40-42-55(49)62(58)63)64(50-25-15-9-16-26-50)52-36-31-47(32-37-52)45-21-11-7-12-22-45/h7-44H,1-6H3.